The third-order valence-electron chi connectivity index (χ3n) is 3.35. The van der Waals surface area contributed by atoms with E-state index in [1.165, 1.54) is 18.4 Å². The van der Waals surface area contributed by atoms with Crippen LogP contribution < -0.4 is 5.32 Å². The second kappa shape index (κ2) is 4.87. The highest BCUT2D eigenvalue weighted by Gasteiger charge is 2.21. The zero-order chi connectivity index (χ0) is 13.2. The topological polar surface area (TPSA) is 53.6 Å². The van der Waals surface area contributed by atoms with Crippen LogP contribution in [0.4, 0.5) is 0 Å². The first-order valence-electron chi connectivity index (χ1n) is 6.52. The summed E-state index contributed by atoms with van der Waals surface area (Å²) in [4.78, 5) is 0. The standard InChI is InChI=1S/C15H16N4/c1-19-10-13(9-17-14-6-7-14)15(18-19)12-4-2-11(8-16)3-5-12/h2-5,10,14,17H,6-7,9H2,1H3. The monoisotopic (exact) mass is 252 g/mol. The molecule has 0 atom stereocenters. The summed E-state index contributed by atoms with van der Waals surface area (Å²) in [5, 5.41) is 16.9. The van der Waals surface area contributed by atoms with Crippen LogP contribution in [0, 0.1) is 11.3 Å². The number of nitriles is 1. The molecule has 1 heterocycles. The van der Waals surface area contributed by atoms with E-state index in [9.17, 15) is 0 Å². The quantitative estimate of drug-likeness (QED) is 0.907. The summed E-state index contributed by atoms with van der Waals surface area (Å²) in [5.41, 5.74) is 3.95. The summed E-state index contributed by atoms with van der Waals surface area (Å²) < 4.78 is 1.84. The Labute approximate surface area is 112 Å². The third kappa shape index (κ3) is 2.67. The van der Waals surface area contributed by atoms with Gasteiger partial charge in [0.15, 0.2) is 0 Å². The normalized spacial score (nSPS) is 14.3. The van der Waals surface area contributed by atoms with Crippen molar-refractivity contribution in [1.29, 1.82) is 5.26 Å². The number of aromatic nitrogens is 2. The smallest absolute Gasteiger partial charge is 0.0991 e. The first-order valence-corrected chi connectivity index (χ1v) is 6.52. The van der Waals surface area contributed by atoms with E-state index in [4.69, 9.17) is 5.26 Å². The molecule has 0 spiro atoms. The molecule has 0 unspecified atom stereocenters. The van der Waals surface area contributed by atoms with Crippen LogP contribution in [-0.4, -0.2) is 15.8 Å². The highest BCUT2D eigenvalue weighted by atomic mass is 15.3. The molecule has 3 rings (SSSR count). The summed E-state index contributed by atoms with van der Waals surface area (Å²) >= 11 is 0. The summed E-state index contributed by atoms with van der Waals surface area (Å²) in [7, 11) is 1.94. The SMILES string of the molecule is Cn1cc(CNC2CC2)c(-c2ccc(C#N)cc2)n1. The van der Waals surface area contributed by atoms with Crippen LogP contribution in [0.2, 0.25) is 0 Å². The fourth-order valence-corrected chi connectivity index (χ4v) is 2.15. The predicted molar refractivity (Wildman–Crippen MR) is 73.2 cm³/mol. The second-order valence-electron chi connectivity index (χ2n) is 5.02. The van der Waals surface area contributed by atoms with Crippen LogP contribution >= 0.6 is 0 Å². The molecule has 0 saturated heterocycles. The van der Waals surface area contributed by atoms with Gasteiger partial charge in [-0.05, 0) is 25.0 Å². The van der Waals surface area contributed by atoms with Crippen molar-refractivity contribution in [1.82, 2.24) is 15.1 Å². The van der Waals surface area contributed by atoms with E-state index in [-0.39, 0.29) is 0 Å². The summed E-state index contributed by atoms with van der Waals surface area (Å²) in [6.45, 7) is 0.855. The largest absolute Gasteiger partial charge is 0.310 e. The number of nitrogens with one attached hydrogen (secondary N) is 1. The zero-order valence-electron chi connectivity index (χ0n) is 10.9. The molecule has 0 aliphatic heterocycles. The molecule has 1 saturated carbocycles. The van der Waals surface area contributed by atoms with Crippen molar-refractivity contribution in [2.75, 3.05) is 0 Å². The third-order valence-corrected chi connectivity index (χ3v) is 3.35. The maximum Gasteiger partial charge on any atom is 0.0991 e. The Hall–Kier alpha value is -2.12. The molecule has 1 N–H and O–H groups in total. The van der Waals surface area contributed by atoms with E-state index >= 15 is 0 Å². The Morgan fingerprint density at radius 3 is 2.74 bits per heavy atom. The van der Waals surface area contributed by atoms with E-state index in [1.807, 2.05) is 36.0 Å². The summed E-state index contributed by atoms with van der Waals surface area (Å²) in [5.74, 6) is 0. The average molecular weight is 252 g/mol. The molecule has 2 aromatic rings. The number of hydrogen-bond donors (Lipinski definition) is 1. The number of aryl methyl sites for hydroxylation is 1. The van der Waals surface area contributed by atoms with E-state index in [2.05, 4.69) is 22.7 Å². The molecule has 4 heteroatoms. The molecular formula is C15H16N4. The molecule has 1 aromatic heterocycles. The van der Waals surface area contributed by atoms with Crippen LogP contribution in [0.15, 0.2) is 30.5 Å². The molecule has 4 nitrogen and oxygen atoms in total. The number of hydrogen-bond acceptors (Lipinski definition) is 3. The van der Waals surface area contributed by atoms with Crippen molar-refractivity contribution < 1.29 is 0 Å². The lowest BCUT2D eigenvalue weighted by Gasteiger charge is -2.03. The molecule has 0 amide bonds. The van der Waals surface area contributed by atoms with Gasteiger partial charge in [0.1, 0.15) is 0 Å². The fraction of sp³-hybridized carbons (Fsp3) is 0.333. The first-order chi connectivity index (χ1) is 9.26. The van der Waals surface area contributed by atoms with Gasteiger partial charge in [-0.3, -0.25) is 4.68 Å². The van der Waals surface area contributed by atoms with Crippen LogP contribution in [-0.2, 0) is 13.6 Å². The second-order valence-corrected chi connectivity index (χ2v) is 5.02. The lowest BCUT2D eigenvalue weighted by molar-refractivity contribution is 0.687. The molecule has 1 aliphatic carbocycles. The minimum Gasteiger partial charge on any atom is -0.310 e. The van der Waals surface area contributed by atoms with Gasteiger partial charge < -0.3 is 5.32 Å². The van der Waals surface area contributed by atoms with Gasteiger partial charge in [0, 0.05) is 37.0 Å². The van der Waals surface area contributed by atoms with Gasteiger partial charge >= 0.3 is 0 Å². The van der Waals surface area contributed by atoms with Crippen LogP contribution in [0.25, 0.3) is 11.3 Å². The predicted octanol–water partition coefficient (Wildman–Crippen LogP) is 2.21. The average Bonchev–Trinajstić information content (AvgIpc) is 3.19. The number of rotatable bonds is 4. The van der Waals surface area contributed by atoms with Gasteiger partial charge in [-0.25, -0.2) is 0 Å². The van der Waals surface area contributed by atoms with Crippen molar-refractivity contribution in [3.63, 3.8) is 0 Å². The molecule has 0 radical (unpaired) electrons. The highest BCUT2D eigenvalue weighted by Crippen LogP contribution is 2.24. The van der Waals surface area contributed by atoms with Crippen molar-refractivity contribution in [3.8, 4) is 17.3 Å². The van der Waals surface area contributed by atoms with E-state index in [0.717, 1.165) is 17.8 Å². The molecule has 1 aromatic carbocycles. The van der Waals surface area contributed by atoms with Crippen molar-refractivity contribution in [3.05, 3.63) is 41.6 Å². The van der Waals surface area contributed by atoms with Gasteiger partial charge in [-0.15, -0.1) is 0 Å². The van der Waals surface area contributed by atoms with Gasteiger partial charge in [-0.2, -0.15) is 10.4 Å². The lowest BCUT2D eigenvalue weighted by Crippen LogP contribution is -2.15. The van der Waals surface area contributed by atoms with Gasteiger partial charge in [0.25, 0.3) is 0 Å². The van der Waals surface area contributed by atoms with Crippen LogP contribution in [0.1, 0.15) is 24.0 Å². The van der Waals surface area contributed by atoms with Gasteiger partial charge in [0.2, 0.25) is 0 Å². The van der Waals surface area contributed by atoms with Crippen molar-refractivity contribution in [2.24, 2.45) is 7.05 Å². The van der Waals surface area contributed by atoms with Crippen molar-refractivity contribution in [2.45, 2.75) is 25.4 Å². The van der Waals surface area contributed by atoms with Crippen LogP contribution in [0.5, 0.6) is 0 Å². The van der Waals surface area contributed by atoms with Crippen molar-refractivity contribution >= 4 is 0 Å². The Morgan fingerprint density at radius 1 is 1.37 bits per heavy atom. The maximum absolute atomic E-state index is 8.83. The van der Waals surface area contributed by atoms with E-state index in [1.54, 1.807) is 0 Å². The molecule has 1 fully saturated rings. The first kappa shape index (κ1) is 11.9. The molecule has 19 heavy (non-hydrogen) atoms. The molecule has 0 bridgehead atoms. The van der Waals surface area contributed by atoms with Gasteiger partial charge in [0.05, 0.1) is 17.3 Å². The fourth-order valence-electron chi connectivity index (χ4n) is 2.15. The summed E-state index contributed by atoms with van der Waals surface area (Å²) in [6, 6.07) is 10.4. The minimum absolute atomic E-state index is 0.678. The van der Waals surface area contributed by atoms with E-state index < -0.39 is 0 Å². The van der Waals surface area contributed by atoms with Gasteiger partial charge in [-0.1, -0.05) is 12.1 Å². The molecular weight excluding hydrogens is 236 g/mol. The zero-order valence-corrected chi connectivity index (χ0v) is 10.9. The maximum atomic E-state index is 8.83. The minimum atomic E-state index is 0.678. The molecule has 1 aliphatic rings. The van der Waals surface area contributed by atoms with Crippen LogP contribution in [0.3, 0.4) is 0 Å². The Morgan fingerprint density at radius 2 is 2.11 bits per heavy atom. The Kier molecular flexibility index (Phi) is 3.06. The van der Waals surface area contributed by atoms with E-state index in [0.29, 0.717) is 11.6 Å². The summed E-state index contributed by atoms with van der Waals surface area (Å²) in [6.07, 6.45) is 4.63. The Bertz CT molecular complexity index is 615. The highest BCUT2D eigenvalue weighted by molar-refractivity contribution is 5.63. The number of nitrogens with zero attached hydrogens (tertiary/aromatic N) is 3. The lowest BCUT2D eigenvalue weighted by atomic mass is 10.1. The Balaban J connectivity index is 1.86. The molecule has 96 valence electrons. The number of benzene rings is 1.